The number of ether oxygens (including phenoxy) is 2. The van der Waals surface area contributed by atoms with E-state index < -0.39 is 23.3 Å². The van der Waals surface area contributed by atoms with E-state index >= 15 is 0 Å². The first kappa shape index (κ1) is 26.0. The summed E-state index contributed by atoms with van der Waals surface area (Å²) in [5.74, 6) is -0.0232. The molecule has 0 aliphatic carbocycles. The zero-order chi connectivity index (χ0) is 22.8. The van der Waals surface area contributed by atoms with E-state index in [0.717, 1.165) is 45.1 Å². The highest BCUT2D eigenvalue weighted by atomic mass is 16.6. The van der Waals surface area contributed by atoms with Gasteiger partial charge in [-0.05, 0) is 73.6 Å². The number of hydrogen-bond donors (Lipinski definition) is 2. The minimum Gasteiger partial charge on any atom is -0.444 e. The van der Waals surface area contributed by atoms with E-state index in [2.05, 4.69) is 10.6 Å². The van der Waals surface area contributed by atoms with Gasteiger partial charge in [0.25, 0.3) is 0 Å². The summed E-state index contributed by atoms with van der Waals surface area (Å²) in [5.41, 5.74) is -1.07. The van der Waals surface area contributed by atoms with Crippen LogP contribution in [0.4, 0.5) is 9.59 Å². The van der Waals surface area contributed by atoms with Gasteiger partial charge in [-0.3, -0.25) is 4.79 Å². The van der Waals surface area contributed by atoms with Crippen LogP contribution in [0.5, 0.6) is 0 Å². The lowest BCUT2D eigenvalue weighted by Crippen LogP contribution is -2.48. The van der Waals surface area contributed by atoms with Crippen LogP contribution in [-0.4, -0.2) is 59.9 Å². The lowest BCUT2D eigenvalue weighted by molar-refractivity contribution is -0.133. The summed E-state index contributed by atoms with van der Waals surface area (Å²) in [6.07, 6.45) is 5.28. The topological polar surface area (TPSA) is 97.0 Å². The number of carbonyl (C=O) groups excluding carboxylic acids is 3. The van der Waals surface area contributed by atoms with Crippen LogP contribution >= 0.6 is 0 Å². The first-order valence-corrected chi connectivity index (χ1v) is 11.1. The summed E-state index contributed by atoms with van der Waals surface area (Å²) in [7, 11) is 0. The van der Waals surface area contributed by atoms with Crippen LogP contribution in [-0.2, 0) is 14.3 Å². The van der Waals surface area contributed by atoms with Crippen LogP contribution in [0.25, 0.3) is 0 Å². The maximum Gasteiger partial charge on any atom is 0.408 e. The van der Waals surface area contributed by atoms with E-state index in [1.165, 1.54) is 0 Å². The highest BCUT2D eigenvalue weighted by Gasteiger charge is 2.29. The molecule has 30 heavy (non-hydrogen) atoms. The smallest absolute Gasteiger partial charge is 0.408 e. The first-order chi connectivity index (χ1) is 13.9. The first-order valence-electron chi connectivity index (χ1n) is 11.1. The van der Waals surface area contributed by atoms with Gasteiger partial charge in [0.2, 0.25) is 5.91 Å². The molecule has 1 rings (SSSR count). The molecule has 1 atom stereocenters. The Labute approximate surface area is 181 Å². The van der Waals surface area contributed by atoms with Gasteiger partial charge in [0.1, 0.15) is 17.2 Å². The molecule has 1 saturated heterocycles. The van der Waals surface area contributed by atoms with Gasteiger partial charge < -0.3 is 25.0 Å². The van der Waals surface area contributed by atoms with E-state index in [4.69, 9.17) is 9.47 Å². The van der Waals surface area contributed by atoms with Crippen LogP contribution in [0.1, 0.15) is 86.5 Å². The van der Waals surface area contributed by atoms with E-state index in [0.29, 0.717) is 19.5 Å². The third-order valence-corrected chi connectivity index (χ3v) is 4.49. The van der Waals surface area contributed by atoms with Crippen LogP contribution in [0.2, 0.25) is 0 Å². The summed E-state index contributed by atoms with van der Waals surface area (Å²) in [6.45, 7) is 12.9. The molecular formula is C22H41N3O5. The second kappa shape index (κ2) is 12.0. The van der Waals surface area contributed by atoms with Gasteiger partial charge in [-0.2, -0.15) is 0 Å². The monoisotopic (exact) mass is 427 g/mol. The SMILES string of the molecule is CC(C)(C)OC(=O)NCCCCCCN1CCCC[C@H](NC(=O)OC(C)(C)C)C1=O. The fourth-order valence-electron chi connectivity index (χ4n) is 3.20. The molecule has 2 N–H and O–H groups in total. The summed E-state index contributed by atoms with van der Waals surface area (Å²) in [6, 6.07) is -0.514. The van der Waals surface area contributed by atoms with Gasteiger partial charge in [-0.15, -0.1) is 0 Å². The van der Waals surface area contributed by atoms with Crippen molar-refractivity contribution in [2.45, 2.75) is 104 Å². The molecule has 8 nitrogen and oxygen atoms in total. The highest BCUT2D eigenvalue weighted by molar-refractivity contribution is 5.86. The quantitative estimate of drug-likeness (QED) is 0.571. The molecule has 0 aromatic carbocycles. The zero-order valence-electron chi connectivity index (χ0n) is 19.6. The molecule has 0 bridgehead atoms. The number of alkyl carbamates (subject to hydrolysis) is 2. The number of nitrogens with one attached hydrogen (secondary N) is 2. The molecule has 1 fully saturated rings. The molecule has 0 saturated carbocycles. The fraction of sp³-hybridized carbons (Fsp3) is 0.864. The number of unbranched alkanes of at least 4 members (excludes halogenated alkanes) is 3. The molecule has 0 radical (unpaired) electrons. The maximum atomic E-state index is 12.8. The molecule has 174 valence electrons. The fourth-order valence-corrected chi connectivity index (χ4v) is 3.20. The van der Waals surface area contributed by atoms with E-state index in [9.17, 15) is 14.4 Å². The third kappa shape index (κ3) is 11.9. The molecule has 1 aliphatic rings. The molecule has 8 heteroatoms. The zero-order valence-corrected chi connectivity index (χ0v) is 19.6. The maximum absolute atomic E-state index is 12.8. The lowest BCUT2D eigenvalue weighted by atomic mass is 10.1. The van der Waals surface area contributed by atoms with Gasteiger partial charge >= 0.3 is 12.2 Å². The number of likely N-dealkylation sites (tertiary alicyclic amines) is 1. The molecule has 3 amide bonds. The van der Waals surface area contributed by atoms with E-state index in [-0.39, 0.29) is 12.0 Å². The van der Waals surface area contributed by atoms with Crippen molar-refractivity contribution >= 4 is 18.1 Å². The normalized spacial score (nSPS) is 17.9. The van der Waals surface area contributed by atoms with Crippen molar-refractivity contribution in [1.82, 2.24) is 15.5 Å². The van der Waals surface area contributed by atoms with Gasteiger partial charge in [0.15, 0.2) is 0 Å². The standard InChI is InChI=1S/C22H41N3O5/c1-21(2,3)29-19(27)23-14-10-7-8-11-15-25-16-12-9-13-17(18(25)26)24-20(28)30-22(4,5)6/h17H,7-16H2,1-6H3,(H,23,27)(H,24,28)/t17-/m0/s1. The largest absolute Gasteiger partial charge is 0.444 e. The second-order valence-electron chi connectivity index (χ2n) is 9.86. The van der Waals surface area contributed by atoms with Crippen molar-refractivity contribution in [3.8, 4) is 0 Å². The predicted molar refractivity (Wildman–Crippen MR) is 116 cm³/mol. The Hall–Kier alpha value is -1.99. The summed E-state index contributed by atoms with van der Waals surface area (Å²) in [5, 5.41) is 5.49. The predicted octanol–water partition coefficient (Wildman–Crippen LogP) is 3.98. The van der Waals surface area contributed by atoms with Crippen LogP contribution in [0.3, 0.4) is 0 Å². The van der Waals surface area contributed by atoms with E-state index in [1.807, 2.05) is 25.7 Å². The minimum absolute atomic E-state index is 0.0232. The van der Waals surface area contributed by atoms with Crippen molar-refractivity contribution in [2.24, 2.45) is 0 Å². The Morgan fingerprint density at radius 2 is 1.53 bits per heavy atom. The number of carbonyl (C=O) groups is 3. The summed E-state index contributed by atoms with van der Waals surface area (Å²) < 4.78 is 10.5. The molecular weight excluding hydrogens is 386 g/mol. The summed E-state index contributed by atoms with van der Waals surface area (Å²) in [4.78, 5) is 38.3. The number of rotatable bonds is 8. The van der Waals surface area contributed by atoms with Gasteiger partial charge in [-0.25, -0.2) is 9.59 Å². The second-order valence-corrected chi connectivity index (χ2v) is 9.86. The van der Waals surface area contributed by atoms with Gasteiger partial charge in [0.05, 0.1) is 0 Å². The average Bonchev–Trinajstić information content (AvgIpc) is 2.73. The molecule has 0 aromatic heterocycles. The van der Waals surface area contributed by atoms with Crippen molar-refractivity contribution in [2.75, 3.05) is 19.6 Å². The molecule has 1 aliphatic heterocycles. The van der Waals surface area contributed by atoms with Crippen molar-refractivity contribution in [3.05, 3.63) is 0 Å². The Morgan fingerprint density at radius 1 is 0.933 bits per heavy atom. The van der Waals surface area contributed by atoms with Crippen molar-refractivity contribution < 1.29 is 23.9 Å². The van der Waals surface area contributed by atoms with Crippen LogP contribution < -0.4 is 10.6 Å². The third-order valence-electron chi connectivity index (χ3n) is 4.49. The number of amides is 3. The summed E-state index contributed by atoms with van der Waals surface area (Å²) >= 11 is 0. The van der Waals surface area contributed by atoms with E-state index in [1.54, 1.807) is 20.8 Å². The molecule has 0 spiro atoms. The minimum atomic E-state index is -0.587. The lowest BCUT2D eigenvalue weighted by Gasteiger charge is -2.26. The van der Waals surface area contributed by atoms with Gasteiger partial charge in [0, 0.05) is 19.6 Å². The number of nitrogens with zero attached hydrogens (tertiary/aromatic N) is 1. The average molecular weight is 428 g/mol. The van der Waals surface area contributed by atoms with Gasteiger partial charge in [-0.1, -0.05) is 12.8 Å². The van der Waals surface area contributed by atoms with Crippen molar-refractivity contribution in [3.63, 3.8) is 0 Å². The highest BCUT2D eigenvalue weighted by Crippen LogP contribution is 2.15. The Kier molecular flexibility index (Phi) is 10.4. The molecule has 1 heterocycles. The van der Waals surface area contributed by atoms with Crippen LogP contribution in [0.15, 0.2) is 0 Å². The van der Waals surface area contributed by atoms with Crippen molar-refractivity contribution in [1.29, 1.82) is 0 Å². The number of hydrogen-bond acceptors (Lipinski definition) is 5. The van der Waals surface area contributed by atoms with Crippen LogP contribution in [0, 0.1) is 0 Å². The Bertz CT molecular complexity index is 566. The molecule has 0 aromatic rings. The Morgan fingerprint density at radius 3 is 2.17 bits per heavy atom. The Balaban J connectivity index is 2.28. The molecule has 0 unspecified atom stereocenters.